The van der Waals surface area contributed by atoms with E-state index in [9.17, 15) is 23.7 Å². The Morgan fingerprint density at radius 1 is 1.26 bits per heavy atom. The van der Waals surface area contributed by atoms with Crippen LogP contribution in [-0.2, 0) is 6.42 Å². The molecule has 122 valence electrons. The Hall–Kier alpha value is -2.97. The number of furan rings is 1. The average molecular weight is 326 g/mol. The first kappa shape index (κ1) is 16.4. The number of ether oxygens (including phenoxy) is 1. The lowest BCUT2D eigenvalue weighted by Crippen LogP contribution is -2.25. The fraction of sp³-hybridized carbons (Fsp3) is 0.214. The Bertz CT molecular complexity index is 685. The second-order valence-corrected chi connectivity index (χ2v) is 4.42. The van der Waals surface area contributed by atoms with Gasteiger partial charge < -0.3 is 14.5 Å². The molecule has 23 heavy (non-hydrogen) atoms. The van der Waals surface area contributed by atoms with Gasteiger partial charge in [0.25, 0.3) is 5.91 Å². The summed E-state index contributed by atoms with van der Waals surface area (Å²) in [5.74, 6) is -1.19. The van der Waals surface area contributed by atoms with Gasteiger partial charge in [0.05, 0.1) is 6.07 Å². The van der Waals surface area contributed by atoms with Crippen molar-refractivity contribution in [3.05, 3.63) is 57.8 Å². The van der Waals surface area contributed by atoms with Crippen molar-refractivity contribution in [3.8, 4) is 5.75 Å². The molecule has 0 atom stereocenters. The van der Waals surface area contributed by atoms with Crippen molar-refractivity contribution in [2.75, 3.05) is 6.54 Å². The van der Waals surface area contributed by atoms with Crippen molar-refractivity contribution in [2.45, 2.75) is 13.0 Å². The second-order valence-electron chi connectivity index (χ2n) is 4.42. The molecule has 0 bridgehead atoms. The summed E-state index contributed by atoms with van der Waals surface area (Å²) in [6, 6.07) is 8.31. The second kappa shape index (κ2) is 7.34. The van der Waals surface area contributed by atoms with E-state index in [1.165, 1.54) is 18.2 Å². The zero-order valence-electron chi connectivity index (χ0n) is 11.7. The number of benzene rings is 1. The highest BCUT2D eigenvalue weighted by Crippen LogP contribution is 2.16. The van der Waals surface area contributed by atoms with Crippen molar-refractivity contribution in [2.24, 2.45) is 0 Å². The molecule has 2 rings (SSSR count). The average Bonchev–Trinajstić information content (AvgIpc) is 2.98. The molecule has 0 saturated heterocycles. The van der Waals surface area contributed by atoms with Crippen molar-refractivity contribution in [1.29, 1.82) is 0 Å². The first-order valence-corrected chi connectivity index (χ1v) is 6.52. The Morgan fingerprint density at radius 3 is 2.52 bits per heavy atom. The van der Waals surface area contributed by atoms with E-state index in [4.69, 9.17) is 4.42 Å². The molecule has 0 aliphatic rings. The number of alkyl halides is 2. The summed E-state index contributed by atoms with van der Waals surface area (Å²) in [4.78, 5) is 21.4. The highest BCUT2D eigenvalue weighted by Gasteiger charge is 2.16. The Kier molecular flexibility index (Phi) is 5.23. The molecule has 1 N–H and O–H groups in total. The number of carbonyl (C=O) groups excluding carboxylic acids is 1. The first-order valence-electron chi connectivity index (χ1n) is 6.52. The van der Waals surface area contributed by atoms with E-state index in [2.05, 4.69) is 10.1 Å². The van der Waals surface area contributed by atoms with Gasteiger partial charge in [-0.3, -0.25) is 14.9 Å². The summed E-state index contributed by atoms with van der Waals surface area (Å²) < 4.78 is 33.0. The maximum absolute atomic E-state index is 12.0. The van der Waals surface area contributed by atoms with Crippen molar-refractivity contribution in [3.63, 3.8) is 0 Å². The Morgan fingerprint density at radius 2 is 1.96 bits per heavy atom. The van der Waals surface area contributed by atoms with Crippen LogP contribution < -0.4 is 10.1 Å². The highest BCUT2D eigenvalue weighted by atomic mass is 19.3. The zero-order valence-corrected chi connectivity index (χ0v) is 11.7. The van der Waals surface area contributed by atoms with Gasteiger partial charge in [0, 0.05) is 6.54 Å². The van der Waals surface area contributed by atoms with Gasteiger partial charge in [0.15, 0.2) is 5.76 Å². The topological polar surface area (TPSA) is 94.6 Å². The van der Waals surface area contributed by atoms with Gasteiger partial charge in [0.2, 0.25) is 0 Å². The third kappa shape index (κ3) is 4.77. The number of nitrogens with one attached hydrogen (secondary N) is 1. The van der Waals surface area contributed by atoms with Crippen molar-refractivity contribution < 1.29 is 27.7 Å². The molecule has 1 heterocycles. The molecule has 0 aliphatic carbocycles. The summed E-state index contributed by atoms with van der Waals surface area (Å²) in [5, 5.41) is 13.0. The minimum absolute atomic E-state index is 0.0516. The summed E-state index contributed by atoms with van der Waals surface area (Å²) in [6.45, 7) is -2.62. The van der Waals surface area contributed by atoms with Crippen LogP contribution in [0.5, 0.6) is 5.75 Å². The largest absolute Gasteiger partial charge is 0.435 e. The lowest BCUT2D eigenvalue weighted by atomic mass is 10.1. The maximum Gasteiger partial charge on any atom is 0.433 e. The van der Waals surface area contributed by atoms with Crippen LogP contribution in [0.15, 0.2) is 40.8 Å². The number of hydrogen-bond acceptors (Lipinski definition) is 5. The van der Waals surface area contributed by atoms with Gasteiger partial charge >= 0.3 is 12.5 Å². The smallest absolute Gasteiger partial charge is 0.433 e. The minimum atomic E-state index is -2.88. The van der Waals surface area contributed by atoms with E-state index < -0.39 is 23.3 Å². The number of halogens is 2. The van der Waals surface area contributed by atoms with Gasteiger partial charge in [-0.2, -0.15) is 8.78 Å². The molecule has 9 heteroatoms. The van der Waals surface area contributed by atoms with Crippen LogP contribution >= 0.6 is 0 Å². The Labute approximate surface area is 129 Å². The third-order valence-corrected chi connectivity index (χ3v) is 2.84. The van der Waals surface area contributed by atoms with Crippen LogP contribution in [0.2, 0.25) is 0 Å². The predicted molar refractivity (Wildman–Crippen MR) is 74.5 cm³/mol. The van der Waals surface area contributed by atoms with Crippen LogP contribution in [0.1, 0.15) is 16.1 Å². The normalized spacial score (nSPS) is 10.6. The van der Waals surface area contributed by atoms with E-state index in [-0.39, 0.29) is 18.1 Å². The number of nitrogens with zero attached hydrogens (tertiary/aromatic N) is 1. The van der Waals surface area contributed by atoms with Crippen LogP contribution in [0.25, 0.3) is 0 Å². The fourth-order valence-electron chi connectivity index (χ4n) is 1.79. The van der Waals surface area contributed by atoms with Crippen LogP contribution in [0, 0.1) is 10.1 Å². The number of amides is 1. The molecule has 1 aromatic carbocycles. The first-order chi connectivity index (χ1) is 11.0. The highest BCUT2D eigenvalue weighted by molar-refractivity contribution is 5.91. The molecule has 0 aliphatic heterocycles. The molecule has 0 spiro atoms. The summed E-state index contributed by atoms with van der Waals surface area (Å²) in [5.41, 5.74) is 0.803. The van der Waals surface area contributed by atoms with Crippen LogP contribution in [0.4, 0.5) is 14.7 Å². The monoisotopic (exact) mass is 326 g/mol. The van der Waals surface area contributed by atoms with Gasteiger partial charge in [-0.05, 0) is 30.2 Å². The van der Waals surface area contributed by atoms with Gasteiger partial charge in [-0.1, -0.05) is 12.1 Å². The molecule has 0 unspecified atom stereocenters. The van der Waals surface area contributed by atoms with Gasteiger partial charge in [-0.25, -0.2) is 0 Å². The Balaban J connectivity index is 1.81. The third-order valence-electron chi connectivity index (χ3n) is 2.84. The number of hydrogen-bond donors (Lipinski definition) is 1. The lowest BCUT2D eigenvalue weighted by molar-refractivity contribution is -0.402. The molecule has 1 amide bonds. The summed E-state index contributed by atoms with van der Waals surface area (Å²) in [7, 11) is 0. The molecule has 2 aromatic rings. The summed E-state index contributed by atoms with van der Waals surface area (Å²) >= 11 is 0. The van der Waals surface area contributed by atoms with Crippen molar-refractivity contribution >= 4 is 11.8 Å². The van der Waals surface area contributed by atoms with E-state index in [0.717, 1.165) is 11.6 Å². The molecule has 1 aromatic heterocycles. The quantitative estimate of drug-likeness (QED) is 0.623. The molecule has 7 nitrogen and oxygen atoms in total. The molecule has 0 fully saturated rings. The molecular weight excluding hydrogens is 314 g/mol. The zero-order chi connectivity index (χ0) is 16.8. The van der Waals surface area contributed by atoms with E-state index in [0.29, 0.717) is 6.42 Å². The number of nitro groups is 1. The lowest BCUT2D eigenvalue weighted by Gasteiger charge is -2.06. The molecular formula is C14H12F2N2O5. The van der Waals surface area contributed by atoms with Gasteiger partial charge in [0.1, 0.15) is 10.7 Å². The van der Waals surface area contributed by atoms with Crippen LogP contribution in [-0.4, -0.2) is 24.0 Å². The fourth-order valence-corrected chi connectivity index (χ4v) is 1.79. The van der Waals surface area contributed by atoms with Crippen molar-refractivity contribution in [1.82, 2.24) is 5.32 Å². The van der Waals surface area contributed by atoms with Gasteiger partial charge in [-0.15, -0.1) is 0 Å². The number of carbonyl (C=O) groups is 1. The summed E-state index contributed by atoms with van der Waals surface area (Å²) in [6.07, 6.45) is 0.448. The minimum Gasteiger partial charge on any atom is -0.435 e. The number of rotatable bonds is 7. The SMILES string of the molecule is O=C(NCCc1ccc(OC(F)F)cc1)c1ccc([N+](=O)[O-])o1. The van der Waals surface area contributed by atoms with E-state index in [1.807, 2.05) is 0 Å². The standard InChI is InChI=1S/C14H12F2N2O5/c15-14(16)22-10-3-1-9(2-4-10)7-8-17-13(19)11-5-6-12(23-11)18(20)21/h1-6,14H,7-8H2,(H,17,19). The molecule has 0 radical (unpaired) electrons. The van der Waals surface area contributed by atoms with Crippen LogP contribution in [0.3, 0.4) is 0 Å². The maximum atomic E-state index is 12.0. The molecule has 0 saturated carbocycles. The van der Waals surface area contributed by atoms with E-state index >= 15 is 0 Å². The predicted octanol–water partition coefficient (Wildman–Crippen LogP) is 2.76. The van der Waals surface area contributed by atoms with E-state index in [1.54, 1.807) is 12.1 Å².